The number of nitrogens with zero attached hydrogens (tertiary/aromatic N) is 3. The van der Waals surface area contributed by atoms with E-state index in [-0.39, 0.29) is 23.0 Å². The Bertz CT molecular complexity index is 605. The molecule has 20 heavy (non-hydrogen) atoms. The van der Waals surface area contributed by atoms with Crippen molar-refractivity contribution in [1.29, 1.82) is 5.26 Å². The molecule has 0 atom stereocenters. The quantitative estimate of drug-likeness (QED) is 0.852. The number of aromatic nitrogens is 1. The number of nitriles is 1. The van der Waals surface area contributed by atoms with Crippen molar-refractivity contribution in [3.8, 4) is 6.07 Å². The fraction of sp³-hybridized carbons (Fsp3) is 0.600. The van der Waals surface area contributed by atoms with E-state index in [2.05, 4.69) is 9.69 Å². The van der Waals surface area contributed by atoms with Crippen molar-refractivity contribution in [2.75, 3.05) is 43.9 Å². The first-order chi connectivity index (χ1) is 9.54. The molecule has 1 fully saturated rings. The van der Waals surface area contributed by atoms with Crippen molar-refractivity contribution in [2.45, 2.75) is 0 Å². The number of morpholine rings is 1. The Labute approximate surface area is 126 Å². The van der Waals surface area contributed by atoms with Crippen LogP contribution < -0.4 is 5.32 Å². The van der Waals surface area contributed by atoms with Gasteiger partial charge in [0.05, 0.1) is 19.0 Å². The average Bonchev–Trinajstić information content (AvgIpc) is 2.80. The molecular weight excluding hydrogens is 324 g/mol. The zero-order valence-electron chi connectivity index (χ0n) is 10.5. The Morgan fingerprint density at radius 3 is 2.85 bits per heavy atom. The maximum Gasteiger partial charge on any atom is 0.215 e. The van der Waals surface area contributed by atoms with Gasteiger partial charge >= 0.3 is 0 Å². The molecule has 0 bridgehead atoms. The van der Waals surface area contributed by atoms with Gasteiger partial charge < -0.3 is 10.1 Å². The molecule has 0 aromatic carbocycles. The second-order valence-corrected chi connectivity index (χ2v) is 7.26. The number of sulfonamides is 1. The molecule has 1 aliphatic rings. The molecule has 110 valence electrons. The fourth-order valence-electron chi connectivity index (χ4n) is 1.74. The lowest BCUT2D eigenvalue weighted by molar-refractivity contribution is 0.0731. The third-order valence-electron chi connectivity index (χ3n) is 2.77. The van der Waals surface area contributed by atoms with Gasteiger partial charge in [0.1, 0.15) is 16.6 Å². The van der Waals surface area contributed by atoms with Crippen LogP contribution in [0.15, 0.2) is 0 Å². The maximum absolute atomic E-state index is 12.1. The zero-order valence-corrected chi connectivity index (χ0v) is 12.9. The van der Waals surface area contributed by atoms with E-state index in [4.69, 9.17) is 21.6 Å². The molecule has 0 unspecified atom stereocenters. The van der Waals surface area contributed by atoms with Crippen molar-refractivity contribution in [3.63, 3.8) is 0 Å². The summed E-state index contributed by atoms with van der Waals surface area (Å²) in [6, 6.07) is 1.93. The lowest BCUT2D eigenvalue weighted by Crippen LogP contribution is -2.42. The summed E-state index contributed by atoms with van der Waals surface area (Å²) in [6.45, 7) is 1.83. The smallest absolute Gasteiger partial charge is 0.215 e. The van der Waals surface area contributed by atoms with E-state index in [1.165, 1.54) is 4.31 Å². The Kier molecular flexibility index (Phi) is 5.17. The SMILES string of the molecule is N#Cc1c(Cl)nsc1NCCS(=O)(=O)N1CCOCC1. The van der Waals surface area contributed by atoms with Gasteiger partial charge in [0.25, 0.3) is 0 Å². The van der Waals surface area contributed by atoms with Crippen LogP contribution in [0.5, 0.6) is 0 Å². The van der Waals surface area contributed by atoms with Gasteiger partial charge in [-0.3, -0.25) is 0 Å². The molecule has 0 saturated carbocycles. The third-order valence-corrected chi connectivity index (χ3v) is 5.82. The predicted octanol–water partition coefficient (Wildman–Crippen LogP) is 0.742. The van der Waals surface area contributed by atoms with Gasteiger partial charge in [-0.15, -0.1) is 0 Å². The van der Waals surface area contributed by atoms with E-state index in [1.807, 2.05) is 6.07 Å². The fourth-order valence-corrected chi connectivity index (χ4v) is 4.02. The highest BCUT2D eigenvalue weighted by molar-refractivity contribution is 7.89. The van der Waals surface area contributed by atoms with Crippen molar-refractivity contribution in [3.05, 3.63) is 10.7 Å². The largest absolute Gasteiger partial charge is 0.379 e. The molecule has 7 nitrogen and oxygen atoms in total. The summed E-state index contributed by atoms with van der Waals surface area (Å²) in [5, 5.41) is 12.4. The second kappa shape index (κ2) is 6.69. The van der Waals surface area contributed by atoms with E-state index < -0.39 is 10.0 Å². The minimum Gasteiger partial charge on any atom is -0.379 e. The lowest BCUT2D eigenvalue weighted by atomic mass is 10.4. The highest BCUT2D eigenvalue weighted by atomic mass is 35.5. The standard InChI is InChI=1S/C10H13ClN4O3S2/c11-9-8(7-12)10(19-14-9)13-1-6-20(16,17)15-2-4-18-5-3-15/h13H,1-6H2. The van der Waals surface area contributed by atoms with Crippen LogP contribution in [0.2, 0.25) is 5.15 Å². The molecule has 0 spiro atoms. The van der Waals surface area contributed by atoms with Crippen LogP contribution in [-0.4, -0.2) is 55.7 Å². The number of ether oxygens (including phenoxy) is 1. The molecule has 0 aliphatic carbocycles. The summed E-state index contributed by atoms with van der Waals surface area (Å²) in [6.07, 6.45) is 0. The first kappa shape index (κ1) is 15.5. The summed E-state index contributed by atoms with van der Waals surface area (Å²) < 4.78 is 34.5. The first-order valence-electron chi connectivity index (χ1n) is 5.89. The van der Waals surface area contributed by atoms with Crippen LogP contribution >= 0.6 is 23.1 Å². The number of hydrogen-bond acceptors (Lipinski definition) is 7. The van der Waals surface area contributed by atoms with Crippen LogP contribution in [0, 0.1) is 11.3 Å². The third kappa shape index (κ3) is 3.59. The normalized spacial score (nSPS) is 16.8. The molecule has 0 amide bonds. The van der Waals surface area contributed by atoms with Gasteiger partial charge in [-0.2, -0.15) is 13.9 Å². The number of anilines is 1. The summed E-state index contributed by atoms with van der Waals surface area (Å²) in [5.41, 5.74) is 0.250. The average molecular weight is 337 g/mol. The molecular formula is C10H13ClN4O3S2. The summed E-state index contributed by atoms with van der Waals surface area (Å²) in [7, 11) is -3.31. The van der Waals surface area contributed by atoms with Crippen LogP contribution in [-0.2, 0) is 14.8 Å². The van der Waals surface area contributed by atoms with Gasteiger partial charge in [-0.25, -0.2) is 8.42 Å². The minimum atomic E-state index is -3.31. The molecule has 1 saturated heterocycles. The molecule has 1 aromatic rings. The monoisotopic (exact) mass is 336 g/mol. The zero-order chi connectivity index (χ0) is 14.6. The highest BCUT2D eigenvalue weighted by Crippen LogP contribution is 2.27. The van der Waals surface area contributed by atoms with E-state index in [9.17, 15) is 8.42 Å². The molecule has 1 aromatic heterocycles. The predicted molar refractivity (Wildman–Crippen MR) is 76.5 cm³/mol. The number of halogens is 1. The molecule has 1 aliphatic heterocycles. The number of nitrogens with one attached hydrogen (secondary N) is 1. The number of rotatable bonds is 5. The molecule has 10 heteroatoms. The summed E-state index contributed by atoms with van der Waals surface area (Å²) in [4.78, 5) is 0. The van der Waals surface area contributed by atoms with Crippen LogP contribution in [0.25, 0.3) is 0 Å². The van der Waals surface area contributed by atoms with Crippen molar-refractivity contribution < 1.29 is 13.2 Å². The highest BCUT2D eigenvalue weighted by Gasteiger charge is 2.24. The van der Waals surface area contributed by atoms with Crippen molar-refractivity contribution in [1.82, 2.24) is 8.68 Å². The molecule has 1 N–H and O–H groups in total. The lowest BCUT2D eigenvalue weighted by Gasteiger charge is -2.26. The van der Waals surface area contributed by atoms with E-state index in [1.54, 1.807) is 0 Å². The number of hydrogen-bond donors (Lipinski definition) is 1. The maximum atomic E-state index is 12.1. The second-order valence-electron chi connectivity index (χ2n) is 4.04. The van der Waals surface area contributed by atoms with Gasteiger partial charge in [-0.05, 0) is 11.5 Å². The molecule has 2 rings (SSSR count). The topological polar surface area (TPSA) is 95.3 Å². The Morgan fingerprint density at radius 2 is 2.20 bits per heavy atom. The van der Waals surface area contributed by atoms with E-state index in [0.29, 0.717) is 31.3 Å². The minimum absolute atomic E-state index is 0.0482. The van der Waals surface area contributed by atoms with Crippen LogP contribution in [0.4, 0.5) is 5.00 Å². The van der Waals surface area contributed by atoms with E-state index >= 15 is 0 Å². The van der Waals surface area contributed by atoms with Crippen LogP contribution in [0.1, 0.15) is 5.56 Å². The van der Waals surface area contributed by atoms with Crippen molar-refractivity contribution in [2.24, 2.45) is 0 Å². The Morgan fingerprint density at radius 1 is 1.50 bits per heavy atom. The summed E-state index contributed by atoms with van der Waals surface area (Å²) in [5.74, 6) is -0.0482. The molecule has 2 heterocycles. The van der Waals surface area contributed by atoms with Crippen molar-refractivity contribution >= 4 is 38.2 Å². The van der Waals surface area contributed by atoms with Gasteiger partial charge in [0, 0.05) is 19.6 Å². The van der Waals surface area contributed by atoms with Crippen LogP contribution in [0.3, 0.4) is 0 Å². The first-order valence-corrected chi connectivity index (χ1v) is 8.65. The van der Waals surface area contributed by atoms with E-state index in [0.717, 1.165) is 11.5 Å². The Hall–Kier alpha value is -0.920. The van der Waals surface area contributed by atoms with Gasteiger partial charge in [-0.1, -0.05) is 11.6 Å². The molecule has 0 radical (unpaired) electrons. The van der Waals surface area contributed by atoms with Gasteiger partial charge in [0.2, 0.25) is 10.0 Å². The Balaban J connectivity index is 1.90. The van der Waals surface area contributed by atoms with Gasteiger partial charge in [0.15, 0.2) is 5.15 Å². The summed E-state index contributed by atoms with van der Waals surface area (Å²) >= 11 is 6.78.